The quantitative estimate of drug-likeness (QED) is 0.704. The van der Waals surface area contributed by atoms with Gasteiger partial charge in [0.1, 0.15) is 0 Å². The van der Waals surface area contributed by atoms with Crippen LogP contribution >= 0.6 is 0 Å². The molecule has 5 heteroatoms. The van der Waals surface area contributed by atoms with Crippen LogP contribution in [0.3, 0.4) is 0 Å². The molecule has 2 rings (SSSR count). The Balaban J connectivity index is 1.77. The predicted molar refractivity (Wildman–Crippen MR) is 70.1 cm³/mol. The SMILES string of the molecule is NCC1(CC(=O)N2CCN(CCO)CC2)CCC1. The fourth-order valence-electron chi connectivity index (χ4n) is 2.92. The Labute approximate surface area is 109 Å². The number of aliphatic hydroxyl groups excluding tert-OH is 1. The van der Waals surface area contributed by atoms with Crippen LogP contribution in [0.1, 0.15) is 25.7 Å². The zero-order valence-electron chi connectivity index (χ0n) is 11.1. The molecule has 1 heterocycles. The van der Waals surface area contributed by atoms with Crippen molar-refractivity contribution in [3.05, 3.63) is 0 Å². The van der Waals surface area contributed by atoms with Gasteiger partial charge in [0.2, 0.25) is 5.91 Å². The lowest BCUT2D eigenvalue weighted by Gasteiger charge is -2.42. The number of piperazine rings is 1. The van der Waals surface area contributed by atoms with E-state index in [-0.39, 0.29) is 17.9 Å². The van der Waals surface area contributed by atoms with E-state index in [1.807, 2.05) is 4.90 Å². The maximum absolute atomic E-state index is 12.2. The molecule has 0 bridgehead atoms. The van der Waals surface area contributed by atoms with Crippen LogP contribution in [0.5, 0.6) is 0 Å². The molecular weight excluding hydrogens is 230 g/mol. The van der Waals surface area contributed by atoms with Gasteiger partial charge in [0.05, 0.1) is 6.61 Å². The lowest BCUT2D eigenvalue weighted by atomic mass is 9.66. The first-order valence-electron chi connectivity index (χ1n) is 7.00. The number of nitrogens with two attached hydrogens (primary N) is 1. The van der Waals surface area contributed by atoms with Gasteiger partial charge in [-0.05, 0) is 24.8 Å². The summed E-state index contributed by atoms with van der Waals surface area (Å²) in [5.41, 5.74) is 5.91. The summed E-state index contributed by atoms with van der Waals surface area (Å²) in [7, 11) is 0. The zero-order chi connectivity index (χ0) is 13.0. The third-order valence-corrected chi connectivity index (χ3v) is 4.51. The van der Waals surface area contributed by atoms with E-state index in [1.165, 1.54) is 6.42 Å². The maximum Gasteiger partial charge on any atom is 0.223 e. The number of amides is 1. The minimum Gasteiger partial charge on any atom is -0.395 e. The standard InChI is InChI=1S/C13H25N3O2/c14-11-13(2-1-3-13)10-12(18)16-6-4-15(5-7-16)8-9-17/h17H,1-11,14H2. The summed E-state index contributed by atoms with van der Waals surface area (Å²) >= 11 is 0. The van der Waals surface area contributed by atoms with E-state index in [0.29, 0.717) is 13.0 Å². The summed E-state index contributed by atoms with van der Waals surface area (Å²) in [6.07, 6.45) is 4.07. The van der Waals surface area contributed by atoms with Crippen LogP contribution in [-0.4, -0.2) is 66.7 Å². The van der Waals surface area contributed by atoms with Gasteiger partial charge in [0, 0.05) is 39.1 Å². The van der Waals surface area contributed by atoms with Crippen LogP contribution in [0.25, 0.3) is 0 Å². The number of carbonyl (C=O) groups excluding carboxylic acids is 1. The van der Waals surface area contributed by atoms with Crippen LogP contribution in [0.15, 0.2) is 0 Å². The number of hydrogen-bond donors (Lipinski definition) is 2. The van der Waals surface area contributed by atoms with Gasteiger partial charge in [-0.25, -0.2) is 0 Å². The van der Waals surface area contributed by atoms with E-state index in [1.54, 1.807) is 0 Å². The Morgan fingerprint density at radius 3 is 2.33 bits per heavy atom. The van der Waals surface area contributed by atoms with Crippen LogP contribution in [0.2, 0.25) is 0 Å². The molecule has 1 saturated carbocycles. The predicted octanol–water partition coefficient (Wildman–Crippen LogP) is -0.358. The first-order chi connectivity index (χ1) is 8.69. The van der Waals surface area contributed by atoms with Crippen molar-refractivity contribution in [3.8, 4) is 0 Å². The van der Waals surface area contributed by atoms with Gasteiger partial charge in [0.25, 0.3) is 0 Å². The van der Waals surface area contributed by atoms with Crippen LogP contribution in [0.4, 0.5) is 0 Å². The van der Waals surface area contributed by atoms with Crippen LogP contribution in [0, 0.1) is 5.41 Å². The monoisotopic (exact) mass is 255 g/mol. The van der Waals surface area contributed by atoms with Gasteiger partial charge in [0.15, 0.2) is 0 Å². The van der Waals surface area contributed by atoms with Crippen molar-refractivity contribution in [1.82, 2.24) is 9.80 Å². The molecule has 0 spiro atoms. The molecule has 0 aromatic rings. The molecule has 1 aliphatic carbocycles. The number of β-amino-alcohol motifs (C(OH)–C–C–N with tert-alkyl or cyclic N) is 1. The molecule has 2 aliphatic rings. The van der Waals surface area contributed by atoms with Crippen molar-refractivity contribution in [1.29, 1.82) is 0 Å². The van der Waals surface area contributed by atoms with Crippen molar-refractivity contribution in [2.75, 3.05) is 45.9 Å². The largest absolute Gasteiger partial charge is 0.395 e. The lowest BCUT2D eigenvalue weighted by molar-refractivity contribution is -0.136. The lowest BCUT2D eigenvalue weighted by Crippen LogP contribution is -2.51. The summed E-state index contributed by atoms with van der Waals surface area (Å²) in [6, 6.07) is 0. The molecule has 1 amide bonds. The molecular formula is C13H25N3O2. The smallest absolute Gasteiger partial charge is 0.223 e. The van der Waals surface area contributed by atoms with Crippen molar-refractivity contribution in [2.24, 2.45) is 11.1 Å². The summed E-state index contributed by atoms with van der Waals surface area (Å²) in [5, 5.41) is 8.88. The van der Waals surface area contributed by atoms with E-state index < -0.39 is 0 Å². The van der Waals surface area contributed by atoms with Gasteiger partial charge < -0.3 is 15.7 Å². The van der Waals surface area contributed by atoms with Gasteiger partial charge in [-0.3, -0.25) is 9.69 Å². The Hall–Kier alpha value is -0.650. The molecule has 18 heavy (non-hydrogen) atoms. The molecule has 0 radical (unpaired) electrons. The second-order valence-electron chi connectivity index (χ2n) is 5.68. The Kier molecular flexibility index (Phi) is 4.59. The second-order valence-corrected chi connectivity index (χ2v) is 5.68. The average molecular weight is 255 g/mol. The Morgan fingerprint density at radius 1 is 1.22 bits per heavy atom. The van der Waals surface area contributed by atoms with Crippen molar-refractivity contribution in [3.63, 3.8) is 0 Å². The third kappa shape index (κ3) is 3.02. The van der Waals surface area contributed by atoms with Crippen molar-refractivity contribution in [2.45, 2.75) is 25.7 Å². The Morgan fingerprint density at radius 2 is 1.89 bits per heavy atom. The van der Waals surface area contributed by atoms with Crippen molar-refractivity contribution >= 4 is 5.91 Å². The Bertz CT molecular complexity index is 278. The van der Waals surface area contributed by atoms with E-state index in [9.17, 15) is 4.79 Å². The summed E-state index contributed by atoms with van der Waals surface area (Å²) in [5.74, 6) is 0.267. The highest BCUT2D eigenvalue weighted by Crippen LogP contribution is 2.43. The number of aliphatic hydroxyl groups is 1. The van der Waals surface area contributed by atoms with E-state index in [2.05, 4.69) is 4.90 Å². The molecule has 0 aromatic carbocycles. The fraction of sp³-hybridized carbons (Fsp3) is 0.923. The highest BCUT2D eigenvalue weighted by molar-refractivity contribution is 5.77. The molecule has 0 atom stereocenters. The molecule has 1 saturated heterocycles. The third-order valence-electron chi connectivity index (χ3n) is 4.51. The highest BCUT2D eigenvalue weighted by Gasteiger charge is 2.38. The van der Waals surface area contributed by atoms with Crippen LogP contribution in [-0.2, 0) is 4.79 Å². The molecule has 5 nitrogen and oxygen atoms in total. The molecule has 2 fully saturated rings. The fourth-order valence-corrected chi connectivity index (χ4v) is 2.92. The van der Waals surface area contributed by atoms with Gasteiger partial charge in [-0.15, -0.1) is 0 Å². The molecule has 1 aliphatic heterocycles. The summed E-state index contributed by atoms with van der Waals surface area (Å²) < 4.78 is 0. The molecule has 0 unspecified atom stereocenters. The second kappa shape index (κ2) is 5.99. The normalized spacial score (nSPS) is 23.8. The molecule has 0 aromatic heterocycles. The number of rotatable bonds is 5. The first kappa shape index (κ1) is 13.8. The van der Waals surface area contributed by atoms with E-state index in [0.717, 1.165) is 45.6 Å². The number of carbonyl (C=O) groups is 1. The van der Waals surface area contributed by atoms with E-state index >= 15 is 0 Å². The minimum absolute atomic E-state index is 0.110. The van der Waals surface area contributed by atoms with Crippen LogP contribution < -0.4 is 5.73 Å². The average Bonchev–Trinajstić information content (AvgIpc) is 2.35. The minimum atomic E-state index is 0.110. The molecule has 3 N–H and O–H groups in total. The van der Waals surface area contributed by atoms with E-state index in [4.69, 9.17) is 10.8 Å². The maximum atomic E-state index is 12.2. The van der Waals surface area contributed by atoms with Gasteiger partial charge in [-0.2, -0.15) is 0 Å². The number of hydrogen-bond acceptors (Lipinski definition) is 4. The number of nitrogens with zero attached hydrogens (tertiary/aromatic N) is 2. The molecule has 104 valence electrons. The first-order valence-corrected chi connectivity index (χ1v) is 7.00. The van der Waals surface area contributed by atoms with Crippen molar-refractivity contribution < 1.29 is 9.90 Å². The van der Waals surface area contributed by atoms with Gasteiger partial charge >= 0.3 is 0 Å². The summed E-state index contributed by atoms with van der Waals surface area (Å²) in [6.45, 7) is 4.89. The van der Waals surface area contributed by atoms with Gasteiger partial charge in [-0.1, -0.05) is 6.42 Å². The summed E-state index contributed by atoms with van der Waals surface area (Å²) in [4.78, 5) is 16.4. The zero-order valence-corrected chi connectivity index (χ0v) is 11.1. The topological polar surface area (TPSA) is 69.8 Å². The highest BCUT2D eigenvalue weighted by atomic mass is 16.3.